The molecule has 1 amide bonds. The summed E-state index contributed by atoms with van der Waals surface area (Å²) in [5.74, 6) is 0.0120. The SMILES string of the molecule is O=C(CN(c1ccc(F)cc1)S(=O)(=O)c1ccc2c(c1)OCCO2)N/N=C\c1ccc(OCc2ccc(Cl)c(Cl)c2)cc1. The van der Waals surface area contributed by atoms with Gasteiger partial charge in [0.15, 0.2) is 11.5 Å². The third-order valence-electron chi connectivity index (χ3n) is 6.18. The number of fused-ring (bicyclic) bond motifs is 1. The van der Waals surface area contributed by atoms with E-state index >= 15 is 0 Å². The molecule has 1 aliphatic rings. The number of ether oxygens (including phenoxy) is 3. The molecule has 43 heavy (non-hydrogen) atoms. The van der Waals surface area contributed by atoms with Gasteiger partial charge in [-0.2, -0.15) is 5.10 Å². The first-order valence-electron chi connectivity index (χ1n) is 12.9. The zero-order chi connectivity index (χ0) is 30.4. The first-order valence-corrected chi connectivity index (χ1v) is 15.1. The van der Waals surface area contributed by atoms with Crippen LogP contribution in [0.3, 0.4) is 0 Å². The van der Waals surface area contributed by atoms with Crippen LogP contribution < -0.4 is 23.9 Å². The molecule has 1 aliphatic heterocycles. The van der Waals surface area contributed by atoms with E-state index in [9.17, 15) is 17.6 Å². The summed E-state index contributed by atoms with van der Waals surface area (Å²) in [6, 6.07) is 21.1. The first kappa shape index (κ1) is 30.1. The lowest BCUT2D eigenvalue weighted by molar-refractivity contribution is -0.119. The average Bonchev–Trinajstić information content (AvgIpc) is 3.01. The minimum atomic E-state index is -4.27. The van der Waals surface area contributed by atoms with Crippen LogP contribution in [0.25, 0.3) is 0 Å². The summed E-state index contributed by atoms with van der Waals surface area (Å²) in [7, 11) is -4.27. The van der Waals surface area contributed by atoms with Crippen molar-refractivity contribution in [1.82, 2.24) is 5.43 Å². The van der Waals surface area contributed by atoms with Crippen LogP contribution in [0, 0.1) is 5.82 Å². The van der Waals surface area contributed by atoms with E-state index in [4.69, 9.17) is 37.4 Å². The van der Waals surface area contributed by atoms with Crippen molar-refractivity contribution in [2.24, 2.45) is 5.10 Å². The molecular weight excluding hydrogens is 620 g/mol. The smallest absolute Gasteiger partial charge is 0.264 e. The molecule has 5 rings (SSSR count). The number of hydrazone groups is 1. The fraction of sp³-hybridized carbons (Fsp3) is 0.133. The van der Waals surface area contributed by atoms with Gasteiger partial charge in [0.1, 0.15) is 37.9 Å². The predicted octanol–water partition coefficient (Wildman–Crippen LogP) is 5.83. The first-order chi connectivity index (χ1) is 20.7. The third kappa shape index (κ3) is 7.56. The van der Waals surface area contributed by atoms with E-state index in [0.29, 0.717) is 40.3 Å². The van der Waals surface area contributed by atoms with Crippen molar-refractivity contribution < 1.29 is 31.8 Å². The van der Waals surface area contributed by atoms with Gasteiger partial charge in [0.25, 0.3) is 15.9 Å². The molecule has 0 bridgehead atoms. The number of hydrogen-bond donors (Lipinski definition) is 1. The fourth-order valence-electron chi connectivity index (χ4n) is 4.02. The summed E-state index contributed by atoms with van der Waals surface area (Å²) in [6.45, 7) is 0.286. The van der Waals surface area contributed by atoms with Crippen LogP contribution in [0.4, 0.5) is 10.1 Å². The Morgan fingerprint density at radius 2 is 1.65 bits per heavy atom. The van der Waals surface area contributed by atoms with E-state index in [2.05, 4.69) is 10.5 Å². The van der Waals surface area contributed by atoms with Gasteiger partial charge in [0, 0.05) is 6.07 Å². The second-order valence-corrected chi connectivity index (χ2v) is 11.9. The minimum absolute atomic E-state index is 0.0897. The van der Waals surface area contributed by atoms with Crippen LogP contribution in [0.15, 0.2) is 94.9 Å². The van der Waals surface area contributed by atoms with E-state index in [1.165, 1.54) is 36.5 Å². The number of carbonyl (C=O) groups is 1. The van der Waals surface area contributed by atoms with Gasteiger partial charge in [0.05, 0.1) is 26.8 Å². The monoisotopic (exact) mass is 643 g/mol. The minimum Gasteiger partial charge on any atom is -0.489 e. The molecule has 13 heteroatoms. The zero-order valence-electron chi connectivity index (χ0n) is 22.4. The molecule has 0 atom stereocenters. The number of rotatable bonds is 10. The highest BCUT2D eigenvalue weighted by molar-refractivity contribution is 7.92. The van der Waals surface area contributed by atoms with E-state index in [-0.39, 0.29) is 22.9 Å². The van der Waals surface area contributed by atoms with Crippen molar-refractivity contribution in [3.63, 3.8) is 0 Å². The Morgan fingerprint density at radius 1 is 0.930 bits per heavy atom. The molecule has 0 saturated carbocycles. The topological polar surface area (TPSA) is 107 Å². The molecule has 222 valence electrons. The Bertz CT molecular complexity index is 1750. The van der Waals surface area contributed by atoms with Gasteiger partial charge in [-0.05, 0) is 83.9 Å². The highest BCUT2D eigenvalue weighted by atomic mass is 35.5. The van der Waals surface area contributed by atoms with E-state index in [1.54, 1.807) is 36.4 Å². The average molecular weight is 645 g/mol. The number of carbonyl (C=O) groups excluding carboxylic acids is 1. The van der Waals surface area contributed by atoms with Gasteiger partial charge in [-0.25, -0.2) is 18.2 Å². The van der Waals surface area contributed by atoms with Crippen LogP contribution in [-0.2, 0) is 21.4 Å². The fourth-order valence-corrected chi connectivity index (χ4v) is 5.78. The highest BCUT2D eigenvalue weighted by Gasteiger charge is 2.29. The quantitative estimate of drug-likeness (QED) is 0.172. The van der Waals surface area contributed by atoms with Gasteiger partial charge in [0.2, 0.25) is 0 Å². The van der Waals surface area contributed by atoms with Gasteiger partial charge in [-0.3, -0.25) is 9.10 Å². The predicted molar refractivity (Wildman–Crippen MR) is 161 cm³/mol. The third-order valence-corrected chi connectivity index (χ3v) is 8.68. The Balaban J connectivity index is 1.24. The highest BCUT2D eigenvalue weighted by Crippen LogP contribution is 2.34. The summed E-state index contributed by atoms with van der Waals surface area (Å²) < 4.78 is 58.5. The molecule has 1 N–H and O–H groups in total. The Kier molecular flexibility index (Phi) is 9.34. The van der Waals surface area contributed by atoms with Crippen LogP contribution in [-0.4, -0.2) is 40.3 Å². The second kappa shape index (κ2) is 13.3. The van der Waals surface area contributed by atoms with Crippen LogP contribution >= 0.6 is 23.2 Å². The zero-order valence-corrected chi connectivity index (χ0v) is 24.7. The van der Waals surface area contributed by atoms with Crippen LogP contribution in [0.2, 0.25) is 10.0 Å². The van der Waals surface area contributed by atoms with Crippen LogP contribution in [0.1, 0.15) is 11.1 Å². The van der Waals surface area contributed by atoms with Gasteiger partial charge >= 0.3 is 0 Å². The number of nitrogens with zero attached hydrogens (tertiary/aromatic N) is 2. The van der Waals surface area contributed by atoms with Crippen LogP contribution in [0.5, 0.6) is 17.2 Å². The largest absolute Gasteiger partial charge is 0.489 e. The number of amides is 1. The number of anilines is 1. The summed E-state index contributed by atoms with van der Waals surface area (Å²) in [6.07, 6.45) is 1.40. The summed E-state index contributed by atoms with van der Waals surface area (Å²) >= 11 is 12.0. The number of hydrogen-bond acceptors (Lipinski definition) is 7. The Labute approximate surface area is 257 Å². The van der Waals surface area contributed by atoms with Crippen molar-refractivity contribution in [3.05, 3.63) is 112 Å². The van der Waals surface area contributed by atoms with E-state index in [0.717, 1.165) is 22.0 Å². The molecule has 0 spiro atoms. The molecule has 0 saturated heterocycles. The normalized spacial score (nSPS) is 12.6. The Hall–Kier alpha value is -4.32. The molecule has 0 unspecified atom stereocenters. The van der Waals surface area contributed by atoms with Crippen molar-refractivity contribution >= 4 is 51.0 Å². The molecular formula is C30H24Cl2FN3O6S. The summed E-state index contributed by atoms with van der Waals surface area (Å²) in [5, 5.41) is 4.85. The number of nitrogens with one attached hydrogen (secondary N) is 1. The number of halogens is 3. The number of benzene rings is 4. The molecule has 0 aromatic heterocycles. The lowest BCUT2D eigenvalue weighted by Gasteiger charge is -2.25. The Morgan fingerprint density at radius 3 is 2.37 bits per heavy atom. The van der Waals surface area contributed by atoms with E-state index < -0.39 is 28.3 Å². The molecule has 1 heterocycles. The molecule has 0 radical (unpaired) electrons. The standard InChI is InChI=1S/C30H24Cl2FN3O6S/c31-26-11-3-21(15-27(26)32)19-42-24-8-1-20(2-9-24)17-34-35-30(37)18-36(23-6-4-22(33)5-7-23)43(38,39)25-10-12-28-29(16-25)41-14-13-40-28/h1-12,15-17H,13-14,18-19H2,(H,35,37)/b34-17-. The molecule has 0 aliphatic carbocycles. The molecule has 4 aromatic rings. The van der Waals surface area contributed by atoms with Crippen molar-refractivity contribution in [2.45, 2.75) is 11.5 Å². The van der Waals surface area contributed by atoms with Gasteiger partial charge < -0.3 is 14.2 Å². The summed E-state index contributed by atoms with van der Waals surface area (Å²) in [5.41, 5.74) is 3.94. The maximum absolute atomic E-state index is 13.6. The second-order valence-electron chi connectivity index (χ2n) is 9.19. The van der Waals surface area contributed by atoms with Crippen molar-refractivity contribution in [3.8, 4) is 17.2 Å². The maximum Gasteiger partial charge on any atom is 0.264 e. The van der Waals surface area contributed by atoms with Crippen molar-refractivity contribution in [2.75, 3.05) is 24.1 Å². The lowest BCUT2D eigenvalue weighted by atomic mass is 10.2. The molecule has 9 nitrogen and oxygen atoms in total. The maximum atomic E-state index is 13.6. The van der Waals surface area contributed by atoms with Gasteiger partial charge in [-0.15, -0.1) is 0 Å². The van der Waals surface area contributed by atoms with Crippen molar-refractivity contribution in [1.29, 1.82) is 0 Å². The van der Waals surface area contributed by atoms with E-state index in [1.807, 2.05) is 6.07 Å². The molecule has 0 fully saturated rings. The van der Waals surface area contributed by atoms with Gasteiger partial charge in [-0.1, -0.05) is 29.3 Å². The number of sulfonamides is 1. The molecule has 4 aromatic carbocycles. The lowest BCUT2D eigenvalue weighted by Crippen LogP contribution is -2.39. The summed E-state index contributed by atoms with van der Waals surface area (Å²) in [4.78, 5) is 12.7.